The molecule has 0 nitrogen and oxygen atoms in total. The first-order chi connectivity index (χ1) is 19.8. The van der Waals surface area contributed by atoms with Crippen molar-refractivity contribution < 1.29 is 22.3 Å². The van der Waals surface area contributed by atoms with Crippen molar-refractivity contribution in [2.45, 2.75) is 20.3 Å². The fourth-order valence-corrected chi connectivity index (χ4v) is 6.82. The van der Waals surface area contributed by atoms with Crippen LogP contribution in [0.5, 0.6) is 0 Å². The Morgan fingerprint density at radius 3 is 1.77 bits per heavy atom. The Morgan fingerprint density at radius 1 is 0.767 bits per heavy atom. The van der Waals surface area contributed by atoms with Gasteiger partial charge in [-0.3, -0.25) is 6.08 Å². The number of fused-ring (bicyclic) bond motifs is 3. The summed E-state index contributed by atoms with van der Waals surface area (Å²) in [6, 6.07) is 30.0. The van der Waals surface area contributed by atoms with Crippen molar-refractivity contribution in [1.29, 1.82) is 0 Å². The van der Waals surface area contributed by atoms with Crippen molar-refractivity contribution in [1.82, 2.24) is 0 Å². The fourth-order valence-electron chi connectivity index (χ4n) is 4.47. The van der Waals surface area contributed by atoms with E-state index in [9.17, 15) is 0 Å². The van der Waals surface area contributed by atoms with Gasteiger partial charge in [0.15, 0.2) is 0 Å². The summed E-state index contributed by atoms with van der Waals surface area (Å²) < 4.78 is 4.66. The molecule has 1 atom stereocenters. The Labute approximate surface area is 290 Å². The van der Waals surface area contributed by atoms with Gasteiger partial charge in [-0.2, -0.15) is 29.8 Å². The monoisotopic (exact) mass is 720 g/mol. The topological polar surface area (TPSA) is 0 Å². The Hall–Kier alpha value is -2.38. The van der Waals surface area contributed by atoms with E-state index in [0.717, 1.165) is 22.0 Å². The average molecular weight is 724 g/mol. The van der Waals surface area contributed by atoms with Gasteiger partial charge in [-0.05, 0) is 12.0 Å². The second-order valence-electron chi connectivity index (χ2n) is 9.90. The molecule has 0 heterocycles. The number of hydrogen-bond acceptors (Lipinski definition) is 0. The Bertz CT molecular complexity index is 1550. The molecule has 4 aromatic carbocycles. The third-order valence-electron chi connectivity index (χ3n) is 6.64. The Kier molecular flexibility index (Phi) is 15.8. The zero-order valence-electron chi connectivity index (χ0n) is 24.2. The van der Waals surface area contributed by atoms with Crippen LogP contribution in [0.2, 0.25) is 10.0 Å². The van der Waals surface area contributed by atoms with E-state index in [-0.39, 0.29) is 24.8 Å². The van der Waals surface area contributed by atoms with Gasteiger partial charge in [0, 0.05) is 0 Å². The Balaban J connectivity index is 0.000000237. The van der Waals surface area contributed by atoms with Crippen molar-refractivity contribution in [2.75, 3.05) is 0 Å². The second-order valence-corrected chi connectivity index (χ2v) is 13.0. The molecule has 220 valence electrons. The summed E-state index contributed by atoms with van der Waals surface area (Å²) in [5.74, 6) is 0.556. The maximum absolute atomic E-state index is 5.84. The molecule has 2 aliphatic carbocycles. The second kappa shape index (κ2) is 18.4. The minimum atomic E-state index is -0.623. The van der Waals surface area contributed by atoms with Crippen LogP contribution < -0.4 is 0 Å². The molecular weight excluding hydrogens is 689 g/mol. The standard InChI is InChI=1S/C17H13.2C7H5Cl.C7H9.2ClH.Zr/c1-3-12-5-7-14-11-15-8-6-13(4-2)10-17(15)16(14)9-12;2*1-6-2-4-7(8)5-3-6;1-6-3-4-7(2)5-6;;;/h3-7,9-10H,1-2,11H2;2*1-5H;3,5,7H,1-2H3;2*1H;/q-1;;;-1;;;. The van der Waals surface area contributed by atoms with Crippen LogP contribution in [0.1, 0.15) is 47.2 Å². The van der Waals surface area contributed by atoms with Crippen LogP contribution >= 0.6 is 48.0 Å². The SMILES string of the molecule is C=Cc1c[c-]c2c(c1)-c1cc(C=C)ccc1C2.CC1=CC(C)[C-]=C1.Cl.Cl.Clc1ccc([CH]=[Zr]=[CH]c2ccc(Cl)cc2)cc1. The van der Waals surface area contributed by atoms with Crippen LogP contribution in [0.4, 0.5) is 0 Å². The first kappa shape index (κ1) is 36.8. The quantitative estimate of drug-likeness (QED) is 0.162. The van der Waals surface area contributed by atoms with Crippen LogP contribution in [0, 0.1) is 18.1 Å². The zero-order valence-corrected chi connectivity index (χ0v) is 29.8. The molecule has 2 aliphatic rings. The predicted octanol–water partition coefficient (Wildman–Crippen LogP) is 11.2. The normalized spacial score (nSPS) is 13.0. The summed E-state index contributed by atoms with van der Waals surface area (Å²) >= 11 is 11.0. The van der Waals surface area contributed by atoms with Crippen molar-refractivity contribution in [3.05, 3.63) is 165 Å². The molecule has 5 heteroatoms. The molecule has 0 fully saturated rings. The van der Waals surface area contributed by atoms with Gasteiger partial charge < -0.3 is 0 Å². The van der Waals surface area contributed by atoms with E-state index >= 15 is 0 Å². The van der Waals surface area contributed by atoms with E-state index in [2.05, 4.69) is 101 Å². The predicted molar refractivity (Wildman–Crippen MR) is 192 cm³/mol. The Morgan fingerprint density at radius 2 is 1.30 bits per heavy atom. The third-order valence-corrected chi connectivity index (χ3v) is 9.60. The summed E-state index contributed by atoms with van der Waals surface area (Å²) in [6.07, 6.45) is 12.1. The molecule has 0 amide bonds. The van der Waals surface area contributed by atoms with Gasteiger partial charge in [-0.25, -0.2) is 11.6 Å². The molecule has 1 unspecified atom stereocenters. The van der Waals surface area contributed by atoms with Crippen LogP contribution in [0.15, 0.2) is 110 Å². The van der Waals surface area contributed by atoms with Crippen LogP contribution in [-0.4, -0.2) is 7.42 Å². The molecule has 0 radical (unpaired) electrons. The van der Waals surface area contributed by atoms with Crippen molar-refractivity contribution in [2.24, 2.45) is 5.92 Å². The molecule has 0 saturated carbocycles. The van der Waals surface area contributed by atoms with Crippen LogP contribution in [-0.2, 0) is 28.7 Å². The summed E-state index contributed by atoms with van der Waals surface area (Å²) in [5, 5.41) is 1.57. The van der Waals surface area contributed by atoms with Gasteiger partial charge in [0.2, 0.25) is 0 Å². The van der Waals surface area contributed by atoms with E-state index < -0.39 is 22.3 Å². The van der Waals surface area contributed by atoms with Gasteiger partial charge >= 0.3 is 123 Å². The maximum atomic E-state index is 5.84. The van der Waals surface area contributed by atoms with Gasteiger partial charge in [0.25, 0.3) is 0 Å². The first-order valence-electron chi connectivity index (χ1n) is 13.5. The average Bonchev–Trinajstić information content (AvgIpc) is 3.56. The number of rotatable bonds is 4. The molecule has 4 aromatic rings. The summed E-state index contributed by atoms with van der Waals surface area (Å²) in [5.41, 5.74) is 11.4. The van der Waals surface area contributed by atoms with E-state index in [1.54, 1.807) is 0 Å². The summed E-state index contributed by atoms with van der Waals surface area (Å²) in [7, 11) is 0. The van der Waals surface area contributed by atoms with Gasteiger partial charge in [-0.15, -0.1) is 55.5 Å². The number of halogens is 4. The number of allylic oxidation sites excluding steroid dienone is 4. The van der Waals surface area contributed by atoms with E-state index in [1.165, 1.54) is 44.5 Å². The summed E-state index contributed by atoms with van der Waals surface area (Å²) in [4.78, 5) is 0. The third kappa shape index (κ3) is 11.2. The molecular formula is C38H34Cl4Zr-2. The fraction of sp³-hybridized carbons (Fsp3) is 0.105. The molecule has 6 rings (SSSR count). The summed E-state index contributed by atoms with van der Waals surface area (Å²) in [6.45, 7) is 11.9. The van der Waals surface area contributed by atoms with Crippen molar-refractivity contribution in [3.8, 4) is 11.1 Å². The molecule has 0 saturated heterocycles. The van der Waals surface area contributed by atoms with E-state index in [0.29, 0.717) is 5.92 Å². The molecule has 0 bridgehead atoms. The first-order valence-corrected chi connectivity index (χ1v) is 17.1. The molecule has 0 aromatic heterocycles. The molecule has 0 N–H and O–H groups in total. The molecule has 43 heavy (non-hydrogen) atoms. The van der Waals surface area contributed by atoms with Gasteiger partial charge in [0.1, 0.15) is 0 Å². The van der Waals surface area contributed by atoms with E-state index in [4.69, 9.17) is 23.2 Å². The van der Waals surface area contributed by atoms with Crippen molar-refractivity contribution in [3.63, 3.8) is 0 Å². The molecule has 0 aliphatic heterocycles. The van der Waals surface area contributed by atoms with Crippen LogP contribution in [0.25, 0.3) is 23.3 Å². The van der Waals surface area contributed by atoms with Crippen LogP contribution in [0.3, 0.4) is 0 Å². The zero-order chi connectivity index (χ0) is 29.2. The minimum absolute atomic E-state index is 0. The molecule has 0 spiro atoms. The van der Waals surface area contributed by atoms with Crippen molar-refractivity contribution >= 4 is 67.6 Å². The van der Waals surface area contributed by atoms with E-state index in [1.807, 2.05) is 48.6 Å². The number of benzene rings is 4. The number of hydrogen-bond donors (Lipinski definition) is 0. The van der Waals surface area contributed by atoms with Gasteiger partial charge in [0.05, 0.1) is 0 Å². The van der Waals surface area contributed by atoms with Gasteiger partial charge in [-0.1, -0.05) is 54.8 Å².